The van der Waals surface area contributed by atoms with Crippen molar-refractivity contribution in [3.05, 3.63) is 80.8 Å². The van der Waals surface area contributed by atoms with Crippen LogP contribution in [0.2, 0.25) is 10.0 Å². The average molecular weight is 449 g/mol. The molecule has 5 aromatic rings. The lowest BCUT2D eigenvalue weighted by molar-refractivity contribution is 0.776. The highest BCUT2D eigenvalue weighted by molar-refractivity contribution is 6.43. The van der Waals surface area contributed by atoms with E-state index < -0.39 is 0 Å². The van der Waals surface area contributed by atoms with Gasteiger partial charge in [0.2, 0.25) is 0 Å². The number of benzene rings is 3. The van der Waals surface area contributed by atoms with Crippen molar-refractivity contribution in [1.29, 1.82) is 0 Å². The predicted molar refractivity (Wildman–Crippen MR) is 127 cm³/mol. The molecule has 0 amide bonds. The van der Waals surface area contributed by atoms with Gasteiger partial charge in [-0.2, -0.15) is 10.2 Å². The molecule has 0 saturated carbocycles. The number of aromatic amines is 1. The lowest BCUT2D eigenvalue weighted by Gasteiger charge is -2.14. The molecule has 1 N–H and O–H groups in total. The summed E-state index contributed by atoms with van der Waals surface area (Å²) < 4.78 is 1.78. The monoisotopic (exact) mass is 448 g/mol. The highest BCUT2D eigenvalue weighted by Crippen LogP contribution is 2.43. The Bertz CT molecular complexity index is 1530. The number of H-pyrrole nitrogens is 1. The molecule has 0 aliphatic rings. The molecular formula is C24H18Cl2N4O. The molecule has 0 radical (unpaired) electrons. The number of hydrogen-bond donors (Lipinski definition) is 1. The van der Waals surface area contributed by atoms with Crippen molar-refractivity contribution in [3.63, 3.8) is 0 Å². The van der Waals surface area contributed by atoms with Crippen LogP contribution < -0.4 is 5.56 Å². The molecule has 7 heteroatoms. The zero-order valence-corrected chi connectivity index (χ0v) is 18.4. The van der Waals surface area contributed by atoms with Crippen molar-refractivity contribution in [3.8, 4) is 22.4 Å². The molecule has 0 unspecified atom stereocenters. The van der Waals surface area contributed by atoms with Gasteiger partial charge in [0.05, 0.1) is 33.0 Å². The van der Waals surface area contributed by atoms with E-state index in [0.29, 0.717) is 21.9 Å². The zero-order valence-electron chi connectivity index (χ0n) is 16.9. The lowest BCUT2D eigenvalue weighted by atomic mass is 9.97. The van der Waals surface area contributed by atoms with Crippen molar-refractivity contribution >= 4 is 44.7 Å². The second-order valence-electron chi connectivity index (χ2n) is 7.41. The Kier molecular flexibility index (Phi) is 4.80. The Morgan fingerprint density at radius 1 is 1.03 bits per heavy atom. The van der Waals surface area contributed by atoms with Crippen molar-refractivity contribution < 1.29 is 0 Å². The van der Waals surface area contributed by atoms with Crippen LogP contribution in [0.3, 0.4) is 0 Å². The van der Waals surface area contributed by atoms with E-state index >= 15 is 0 Å². The molecule has 5 rings (SSSR count). The molecule has 2 aromatic heterocycles. The van der Waals surface area contributed by atoms with E-state index in [9.17, 15) is 4.79 Å². The van der Waals surface area contributed by atoms with Gasteiger partial charge in [0.1, 0.15) is 0 Å². The molecule has 0 fully saturated rings. The minimum Gasteiger partial charge on any atom is -0.267 e. The number of fused-ring (bicyclic) bond motifs is 2. The van der Waals surface area contributed by atoms with Gasteiger partial charge in [0.25, 0.3) is 5.56 Å². The van der Waals surface area contributed by atoms with E-state index in [1.807, 2.05) is 62.5 Å². The first-order chi connectivity index (χ1) is 15.0. The fourth-order valence-corrected chi connectivity index (χ4v) is 4.80. The lowest BCUT2D eigenvalue weighted by Crippen LogP contribution is -2.10. The van der Waals surface area contributed by atoms with Gasteiger partial charge in [-0.15, -0.1) is 0 Å². The zero-order chi connectivity index (χ0) is 21.7. The first-order valence-electron chi connectivity index (χ1n) is 9.90. The maximum Gasteiger partial charge on any atom is 0.272 e. The topological polar surface area (TPSA) is 63.6 Å². The van der Waals surface area contributed by atoms with Gasteiger partial charge in [0, 0.05) is 28.9 Å². The summed E-state index contributed by atoms with van der Waals surface area (Å²) in [4.78, 5) is 12.2. The first kappa shape index (κ1) is 19.8. The number of aromatic nitrogens is 4. The molecule has 0 saturated heterocycles. The van der Waals surface area contributed by atoms with E-state index in [4.69, 9.17) is 23.2 Å². The quantitative estimate of drug-likeness (QED) is 0.367. The Labute approximate surface area is 188 Å². The highest BCUT2D eigenvalue weighted by atomic mass is 35.5. The molecule has 3 aromatic carbocycles. The number of nitrogens with zero attached hydrogens (tertiary/aromatic N) is 3. The molecule has 0 atom stereocenters. The molecule has 5 nitrogen and oxygen atoms in total. The second kappa shape index (κ2) is 7.52. The fourth-order valence-electron chi connectivity index (χ4n) is 4.09. The molecular weight excluding hydrogens is 431 g/mol. The van der Waals surface area contributed by atoms with Crippen molar-refractivity contribution in [2.75, 3.05) is 0 Å². The van der Waals surface area contributed by atoms with Crippen LogP contribution in [-0.2, 0) is 13.5 Å². The maximum absolute atomic E-state index is 12.2. The van der Waals surface area contributed by atoms with Gasteiger partial charge < -0.3 is 0 Å². The normalized spacial score (nSPS) is 11.5. The number of nitrogens with one attached hydrogen (secondary N) is 1. The summed E-state index contributed by atoms with van der Waals surface area (Å²) in [6.45, 7) is 2.01. The number of aryl methyl sites for hydroxylation is 2. The van der Waals surface area contributed by atoms with E-state index in [1.165, 1.54) is 0 Å². The van der Waals surface area contributed by atoms with Crippen LogP contribution in [-0.4, -0.2) is 20.0 Å². The number of rotatable bonds is 3. The maximum atomic E-state index is 12.2. The third kappa shape index (κ3) is 3.12. The number of halogens is 2. The van der Waals surface area contributed by atoms with Gasteiger partial charge in [-0.1, -0.05) is 60.5 Å². The van der Waals surface area contributed by atoms with Gasteiger partial charge in [-0.25, -0.2) is 5.10 Å². The van der Waals surface area contributed by atoms with Crippen LogP contribution in [0.25, 0.3) is 43.9 Å². The molecule has 0 bridgehead atoms. The molecule has 0 spiro atoms. The molecule has 2 heterocycles. The standard InChI is InChI=1S/C24H18Cl2N4O/c1-3-20-17-10-14(8-9-16(17)24(31)29-28-20)18-12-27-30(2)23(18)21-19(25)11-13-6-4-5-7-15(13)22(21)26/h4-12H,3H2,1-2H3,(H,29,31). The Balaban J connectivity index is 1.79. The molecule has 31 heavy (non-hydrogen) atoms. The predicted octanol–water partition coefficient (Wildman–Crippen LogP) is 6.01. The van der Waals surface area contributed by atoms with Gasteiger partial charge in [-0.05, 0) is 35.6 Å². The second-order valence-corrected chi connectivity index (χ2v) is 8.20. The van der Waals surface area contributed by atoms with E-state index in [2.05, 4.69) is 15.3 Å². The summed E-state index contributed by atoms with van der Waals surface area (Å²) in [5.74, 6) is 0. The first-order valence-corrected chi connectivity index (χ1v) is 10.7. The third-order valence-corrected chi connectivity index (χ3v) is 6.32. The van der Waals surface area contributed by atoms with Crippen molar-refractivity contribution in [1.82, 2.24) is 20.0 Å². The van der Waals surface area contributed by atoms with E-state index in [-0.39, 0.29) is 5.56 Å². The van der Waals surface area contributed by atoms with Crippen LogP contribution in [0.4, 0.5) is 0 Å². The minimum absolute atomic E-state index is 0.203. The minimum atomic E-state index is -0.203. The fraction of sp³-hybridized carbons (Fsp3) is 0.125. The third-order valence-electron chi connectivity index (χ3n) is 5.63. The molecule has 0 aliphatic carbocycles. The summed E-state index contributed by atoms with van der Waals surface area (Å²) in [7, 11) is 1.87. The van der Waals surface area contributed by atoms with Crippen LogP contribution in [0.15, 0.2) is 59.5 Å². The van der Waals surface area contributed by atoms with E-state index in [1.54, 1.807) is 10.9 Å². The van der Waals surface area contributed by atoms with Gasteiger partial charge in [-0.3, -0.25) is 9.48 Å². The number of hydrogen-bond acceptors (Lipinski definition) is 3. The Morgan fingerprint density at radius 2 is 1.84 bits per heavy atom. The van der Waals surface area contributed by atoms with Crippen LogP contribution in [0.5, 0.6) is 0 Å². The highest BCUT2D eigenvalue weighted by Gasteiger charge is 2.21. The Hall–Kier alpha value is -3.15. The van der Waals surface area contributed by atoms with Gasteiger partial charge >= 0.3 is 0 Å². The van der Waals surface area contributed by atoms with Crippen LogP contribution in [0.1, 0.15) is 12.6 Å². The van der Waals surface area contributed by atoms with Crippen molar-refractivity contribution in [2.24, 2.45) is 7.05 Å². The van der Waals surface area contributed by atoms with Crippen LogP contribution >= 0.6 is 23.2 Å². The summed E-state index contributed by atoms with van der Waals surface area (Å²) in [5, 5.41) is 15.8. The largest absolute Gasteiger partial charge is 0.272 e. The SMILES string of the molecule is CCc1n[nH]c(=O)c2ccc(-c3cnn(C)c3-c3c(Cl)cc4ccccc4c3Cl)cc12. The van der Waals surface area contributed by atoms with Crippen molar-refractivity contribution in [2.45, 2.75) is 13.3 Å². The Morgan fingerprint density at radius 3 is 2.65 bits per heavy atom. The van der Waals surface area contributed by atoms with E-state index in [0.717, 1.165) is 44.2 Å². The summed E-state index contributed by atoms with van der Waals surface area (Å²) in [6, 6.07) is 15.5. The molecule has 0 aliphatic heterocycles. The summed E-state index contributed by atoms with van der Waals surface area (Å²) in [5.41, 5.74) is 3.98. The van der Waals surface area contributed by atoms with Crippen LogP contribution in [0, 0.1) is 0 Å². The molecule has 154 valence electrons. The summed E-state index contributed by atoms with van der Waals surface area (Å²) in [6.07, 6.45) is 2.50. The summed E-state index contributed by atoms with van der Waals surface area (Å²) >= 11 is 13.6. The average Bonchev–Trinajstić information content (AvgIpc) is 3.15. The smallest absolute Gasteiger partial charge is 0.267 e. The van der Waals surface area contributed by atoms with Gasteiger partial charge in [0.15, 0.2) is 0 Å².